The van der Waals surface area contributed by atoms with Gasteiger partial charge in [-0.25, -0.2) is 14.4 Å². The predicted octanol–water partition coefficient (Wildman–Crippen LogP) is -1.78. The maximum Gasteiger partial charge on any atom is 0.463 e. The number of carbonyl (C=O) groups is 4. The molecule has 0 aromatic heterocycles. The van der Waals surface area contributed by atoms with Gasteiger partial charge < -0.3 is 15.3 Å². The zero-order valence-electron chi connectivity index (χ0n) is 13.3. The molecule has 1 saturated heterocycles. The Morgan fingerprint density at radius 1 is 1.11 bits per heavy atom. The lowest BCUT2D eigenvalue weighted by molar-refractivity contribution is -0.837. The number of phenols is 2. The summed E-state index contributed by atoms with van der Waals surface area (Å²) in [6.07, 6.45) is -1.86. The first-order chi connectivity index (χ1) is 12.5. The van der Waals surface area contributed by atoms with Crippen LogP contribution in [0.25, 0.3) is 0 Å². The number of carboxylic acid groups (broad SMARTS) is 1. The number of imide groups is 1. The van der Waals surface area contributed by atoms with Crippen molar-refractivity contribution in [1.82, 2.24) is 20.4 Å². The van der Waals surface area contributed by atoms with Crippen molar-refractivity contribution in [3.05, 3.63) is 23.8 Å². The van der Waals surface area contributed by atoms with Gasteiger partial charge in [0, 0.05) is 5.56 Å². The van der Waals surface area contributed by atoms with E-state index in [-0.39, 0.29) is 18.5 Å². The van der Waals surface area contributed by atoms with E-state index in [1.807, 2.05) is 0 Å². The summed E-state index contributed by atoms with van der Waals surface area (Å²) >= 11 is 0. The average Bonchev–Trinajstić information content (AvgIpc) is 2.57. The molecule has 27 heavy (non-hydrogen) atoms. The van der Waals surface area contributed by atoms with Crippen LogP contribution in [0.5, 0.6) is 11.5 Å². The number of hydrazine groups is 1. The summed E-state index contributed by atoms with van der Waals surface area (Å²) in [6.45, 7) is -0.286. The fraction of sp³-hybridized carbons (Fsp3) is 0.167. The molecule has 0 radical (unpaired) electrons. The first-order valence-corrected chi connectivity index (χ1v) is 8.54. The summed E-state index contributed by atoms with van der Waals surface area (Å²) in [4.78, 5) is 47.7. The van der Waals surface area contributed by atoms with Crippen LogP contribution in [-0.4, -0.2) is 58.8 Å². The lowest BCUT2D eigenvalue weighted by atomic mass is 10.2. The van der Waals surface area contributed by atoms with Crippen molar-refractivity contribution < 1.29 is 47.5 Å². The van der Waals surface area contributed by atoms with Crippen molar-refractivity contribution in [3.63, 3.8) is 0 Å². The summed E-state index contributed by atoms with van der Waals surface area (Å²) in [5, 5.41) is 27.2. The fourth-order valence-corrected chi connectivity index (χ4v) is 2.71. The Morgan fingerprint density at radius 3 is 2.26 bits per heavy atom. The highest BCUT2D eigenvalue weighted by Gasteiger charge is 2.56. The number of rotatable bonds is 4. The van der Waals surface area contributed by atoms with E-state index in [0.29, 0.717) is 0 Å². The van der Waals surface area contributed by atoms with Gasteiger partial charge in [0.15, 0.2) is 11.5 Å². The van der Waals surface area contributed by atoms with Crippen molar-refractivity contribution in [2.75, 3.05) is 6.54 Å². The van der Waals surface area contributed by atoms with E-state index in [2.05, 4.69) is 0 Å². The van der Waals surface area contributed by atoms with Crippen LogP contribution in [0.1, 0.15) is 16.8 Å². The highest BCUT2D eigenvalue weighted by molar-refractivity contribution is 7.88. The number of amides is 5. The van der Waals surface area contributed by atoms with E-state index in [9.17, 15) is 32.7 Å². The standard InChI is InChI=1S/C12H13N5O9S/c18-7-2-1-6(5-8(7)19)10(21)13-16-27(25,26)15-11(22)17(14-12(23)24)4-3-9(17)20/h1-2,5,14,16H,3-4H2,(H4-,13,15,18,19,21,22,23,24)/p+1/t17-/m0/s1. The SMILES string of the molecule is O=C(O)N[N@@+]1(C(=O)NS(=O)(=O)NNC(=O)c2ccc(O)c(O)c2)CCC1=O. The molecule has 0 spiro atoms. The van der Waals surface area contributed by atoms with Crippen molar-refractivity contribution >= 4 is 34.1 Å². The molecule has 146 valence electrons. The summed E-state index contributed by atoms with van der Waals surface area (Å²) in [7, 11) is -4.71. The Morgan fingerprint density at radius 2 is 1.78 bits per heavy atom. The normalized spacial score (nSPS) is 18.9. The first kappa shape index (κ1) is 19.9. The van der Waals surface area contributed by atoms with Crippen LogP contribution in [0.3, 0.4) is 0 Å². The van der Waals surface area contributed by atoms with E-state index in [1.54, 1.807) is 10.9 Å². The summed E-state index contributed by atoms with van der Waals surface area (Å²) in [5.41, 5.74) is 3.12. The molecule has 0 aliphatic carbocycles. The number of carbonyl (C=O) groups excluding carboxylic acids is 3. The van der Waals surface area contributed by atoms with E-state index in [4.69, 9.17) is 10.2 Å². The molecular formula is C12H14N5O9S+. The summed E-state index contributed by atoms with van der Waals surface area (Å²) in [5.74, 6) is -3.04. The molecule has 1 aromatic carbocycles. The Balaban J connectivity index is 2.02. The minimum atomic E-state index is -4.71. The third-order valence-corrected chi connectivity index (χ3v) is 4.29. The number of urea groups is 1. The van der Waals surface area contributed by atoms with Crippen LogP contribution in [0.15, 0.2) is 18.2 Å². The van der Waals surface area contributed by atoms with Gasteiger partial charge in [0.25, 0.3) is 5.91 Å². The van der Waals surface area contributed by atoms with Crippen LogP contribution in [-0.2, 0) is 15.0 Å². The van der Waals surface area contributed by atoms with Gasteiger partial charge in [-0.15, -0.1) is 10.3 Å². The third kappa shape index (κ3) is 4.22. The van der Waals surface area contributed by atoms with Crippen LogP contribution >= 0.6 is 0 Å². The van der Waals surface area contributed by atoms with Crippen molar-refractivity contribution in [1.29, 1.82) is 0 Å². The molecule has 1 fully saturated rings. The largest absolute Gasteiger partial charge is 0.504 e. The molecule has 1 aromatic rings. The minimum absolute atomic E-state index is 0.137. The number of nitrogens with zero attached hydrogens (tertiary/aromatic N) is 1. The third-order valence-electron chi connectivity index (χ3n) is 3.48. The molecule has 14 nitrogen and oxygen atoms in total. The first-order valence-electron chi connectivity index (χ1n) is 7.06. The van der Waals surface area contributed by atoms with E-state index >= 15 is 0 Å². The molecule has 7 N–H and O–H groups in total. The maximum atomic E-state index is 12.0. The molecule has 1 atom stereocenters. The molecule has 1 aliphatic heterocycles. The fourth-order valence-electron chi connectivity index (χ4n) is 2.04. The smallest absolute Gasteiger partial charge is 0.463 e. The van der Waals surface area contributed by atoms with E-state index in [0.717, 1.165) is 18.2 Å². The van der Waals surface area contributed by atoms with Gasteiger partial charge in [0.1, 0.15) is 13.0 Å². The lowest BCUT2D eigenvalue weighted by Crippen LogP contribution is -2.76. The van der Waals surface area contributed by atoms with Crippen molar-refractivity contribution in [2.45, 2.75) is 6.42 Å². The molecule has 15 heteroatoms. The Labute approximate surface area is 151 Å². The predicted molar refractivity (Wildman–Crippen MR) is 83.7 cm³/mol. The number of likely N-dealkylation sites (tertiary alicyclic amines) is 1. The van der Waals surface area contributed by atoms with Gasteiger partial charge in [-0.3, -0.25) is 10.2 Å². The highest BCUT2D eigenvalue weighted by atomic mass is 32.2. The van der Waals surface area contributed by atoms with Gasteiger partial charge >= 0.3 is 28.2 Å². The number of quaternary nitrogens is 1. The van der Waals surface area contributed by atoms with Crippen LogP contribution in [0.2, 0.25) is 0 Å². The second-order valence-electron chi connectivity index (χ2n) is 5.26. The lowest BCUT2D eigenvalue weighted by Gasteiger charge is -2.36. The number of aromatic hydroxyl groups is 2. The molecule has 2 rings (SSSR count). The van der Waals surface area contributed by atoms with Gasteiger partial charge in [-0.2, -0.15) is 13.1 Å². The number of hydrogen-bond acceptors (Lipinski definition) is 8. The number of β-lactam (4-membered cyclic amide) rings is 1. The topological polar surface area (TPSA) is 211 Å². The van der Waals surface area contributed by atoms with Gasteiger partial charge in [-0.05, 0) is 18.2 Å². The number of hydrogen-bond donors (Lipinski definition) is 7. The van der Waals surface area contributed by atoms with E-state index < -0.39 is 50.2 Å². The Hall–Kier alpha value is -3.43. The molecule has 0 saturated carbocycles. The average molecular weight is 404 g/mol. The monoisotopic (exact) mass is 404 g/mol. The molecule has 0 unspecified atom stereocenters. The van der Waals surface area contributed by atoms with Crippen LogP contribution < -0.4 is 20.4 Å². The minimum Gasteiger partial charge on any atom is -0.504 e. The molecule has 1 aliphatic rings. The Kier molecular flexibility index (Phi) is 5.20. The molecule has 1 heterocycles. The molecule has 0 bridgehead atoms. The maximum absolute atomic E-state index is 12.0. The molecular weight excluding hydrogens is 390 g/mol. The van der Waals surface area contributed by atoms with Crippen molar-refractivity contribution in [3.8, 4) is 11.5 Å². The van der Waals surface area contributed by atoms with E-state index in [1.165, 1.54) is 9.55 Å². The second-order valence-corrected chi connectivity index (χ2v) is 6.68. The zero-order valence-corrected chi connectivity index (χ0v) is 14.1. The number of benzene rings is 1. The van der Waals surface area contributed by atoms with Gasteiger partial charge in [-0.1, -0.05) is 4.59 Å². The molecule has 5 amide bonds. The quantitative estimate of drug-likeness (QED) is 0.131. The highest BCUT2D eigenvalue weighted by Crippen LogP contribution is 2.24. The number of nitrogens with one attached hydrogen (secondary N) is 4. The zero-order chi connectivity index (χ0) is 20.4. The summed E-state index contributed by atoms with van der Waals surface area (Å²) < 4.78 is 23.6. The van der Waals surface area contributed by atoms with Crippen LogP contribution in [0, 0.1) is 0 Å². The van der Waals surface area contributed by atoms with Gasteiger partial charge in [0.05, 0.1) is 0 Å². The van der Waals surface area contributed by atoms with Crippen LogP contribution in [0.4, 0.5) is 9.59 Å². The second kappa shape index (κ2) is 7.06. The van der Waals surface area contributed by atoms with Crippen molar-refractivity contribution in [2.24, 2.45) is 0 Å². The summed E-state index contributed by atoms with van der Waals surface area (Å²) in [6, 6.07) is 1.43. The van der Waals surface area contributed by atoms with Gasteiger partial charge in [0.2, 0.25) is 0 Å². The Bertz CT molecular complexity index is 931. The number of phenolic OH excluding ortho intramolecular Hbond substituents is 2.